The van der Waals surface area contributed by atoms with Crippen molar-refractivity contribution in [3.63, 3.8) is 0 Å². The number of rotatable bonds is 6. The first kappa shape index (κ1) is 17.0. The van der Waals surface area contributed by atoms with Gasteiger partial charge >= 0.3 is 0 Å². The van der Waals surface area contributed by atoms with Crippen LogP contribution in [0.2, 0.25) is 0 Å². The number of phenolic OH excluding ortho intramolecular Hbond substituents is 3. The van der Waals surface area contributed by atoms with Crippen LogP contribution in [0.1, 0.15) is 17.5 Å². The Kier molecular flexibility index (Phi) is 5.52. The highest BCUT2D eigenvalue weighted by atomic mass is 16.3. The summed E-state index contributed by atoms with van der Waals surface area (Å²) in [6.07, 6.45) is 4.92. The number of hydrogen-bond donors (Lipinski definition) is 3. The van der Waals surface area contributed by atoms with E-state index in [0.29, 0.717) is 0 Å². The molecule has 0 aromatic heterocycles. The maximum absolute atomic E-state index is 11.8. The van der Waals surface area contributed by atoms with E-state index in [2.05, 4.69) is 0 Å². The van der Waals surface area contributed by atoms with Crippen molar-refractivity contribution < 1.29 is 24.9 Å². The van der Waals surface area contributed by atoms with E-state index in [1.54, 1.807) is 18.2 Å². The van der Waals surface area contributed by atoms with Gasteiger partial charge < -0.3 is 15.3 Å². The van der Waals surface area contributed by atoms with Crippen molar-refractivity contribution in [2.75, 3.05) is 0 Å². The van der Waals surface area contributed by atoms with E-state index < -0.39 is 5.78 Å². The van der Waals surface area contributed by atoms with Gasteiger partial charge in [-0.3, -0.25) is 9.59 Å². The number of hydrogen-bond acceptors (Lipinski definition) is 5. The first-order chi connectivity index (χ1) is 11.5. The quantitative estimate of drug-likeness (QED) is 0.561. The van der Waals surface area contributed by atoms with Crippen LogP contribution in [0.5, 0.6) is 17.2 Å². The molecule has 2 rings (SSSR count). The van der Waals surface area contributed by atoms with Gasteiger partial charge in [0.2, 0.25) is 0 Å². The summed E-state index contributed by atoms with van der Waals surface area (Å²) < 4.78 is 0. The lowest BCUT2D eigenvalue weighted by Crippen LogP contribution is -2.01. The van der Waals surface area contributed by atoms with Gasteiger partial charge in [0.05, 0.1) is 12.0 Å². The summed E-state index contributed by atoms with van der Waals surface area (Å²) in [5, 5.41) is 28.4. The van der Waals surface area contributed by atoms with Crippen LogP contribution in [0, 0.1) is 0 Å². The van der Waals surface area contributed by atoms with Crippen molar-refractivity contribution in [1.82, 2.24) is 0 Å². The molecular weight excluding hydrogens is 308 g/mol. The van der Waals surface area contributed by atoms with Crippen LogP contribution < -0.4 is 0 Å². The van der Waals surface area contributed by atoms with Gasteiger partial charge in [-0.2, -0.15) is 0 Å². The second kappa shape index (κ2) is 7.78. The zero-order valence-electron chi connectivity index (χ0n) is 12.7. The molecule has 2 aromatic rings. The van der Waals surface area contributed by atoms with Crippen molar-refractivity contribution in [3.8, 4) is 17.2 Å². The Morgan fingerprint density at radius 2 is 1.33 bits per heavy atom. The molecule has 2 aromatic carbocycles. The van der Waals surface area contributed by atoms with E-state index in [1.807, 2.05) is 0 Å². The molecule has 0 bridgehead atoms. The minimum absolute atomic E-state index is 0.123. The lowest BCUT2D eigenvalue weighted by atomic mass is 10.1. The summed E-state index contributed by atoms with van der Waals surface area (Å²) in [6, 6.07) is 10.5. The molecule has 0 aliphatic carbocycles. The van der Waals surface area contributed by atoms with E-state index in [4.69, 9.17) is 5.11 Å². The van der Waals surface area contributed by atoms with Crippen LogP contribution in [-0.4, -0.2) is 26.9 Å². The molecule has 0 fully saturated rings. The van der Waals surface area contributed by atoms with Crippen molar-refractivity contribution in [2.24, 2.45) is 0 Å². The summed E-state index contributed by atoms with van der Waals surface area (Å²) in [4.78, 5) is 23.5. The zero-order chi connectivity index (χ0) is 17.5. The van der Waals surface area contributed by atoms with E-state index in [1.165, 1.54) is 42.5 Å². The predicted molar refractivity (Wildman–Crippen MR) is 90.6 cm³/mol. The third-order valence-electron chi connectivity index (χ3n) is 3.20. The Hall–Kier alpha value is -3.34. The number of allylic oxidation sites excluding steroid dienone is 2. The molecule has 0 aliphatic rings. The molecule has 0 aliphatic heterocycles. The topological polar surface area (TPSA) is 94.8 Å². The number of phenols is 3. The maximum atomic E-state index is 11.8. The maximum Gasteiger partial charge on any atom is 0.163 e. The minimum atomic E-state index is -0.446. The summed E-state index contributed by atoms with van der Waals surface area (Å²) in [5.41, 5.74) is 0.848. The summed E-state index contributed by atoms with van der Waals surface area (Å²) in [6.45, 7) is 0. The Labute approximate surface area is 138 Å². The van der Waals surface area contributed by atoms with Crippen LogP contribution in [-0.2, 0) is 9.59 Å². The van der Waals surface area contributed by atoms with Gasteiger partial charge in [0.15, 0.2) is 11.6 Å². The number of carbonyl (C=O) groups excluding carboxylic acids is 2. The first-order valence-corrected chi connectivity index (χ1v) is 7.17. The second-order valence-electron chi connectivity index (χ2n) is 5.08. The summed E-state index contributed by atoms with van der Waals surface area (Å²) in [5.74, 6) is -1.00. The molecule has 0 heterocycles. The molecule has 5 nitrogen and oxygen atoms in total. The SMILES string of the molecule is O=C(/C=C/c1ccc(O)cc1)CC(=O)/C=C/c1c(O)cccc1O. The van der Waals surface area contributed by atoms with Gasteiger partial charge in [0.25, 0.3) is 0 Å². The van der Waals surface area contributed by atoms with Gasteiger partial charge in [-0.25, -0.2) is 0 Å². The Bertz CT molecular complexity index is 781. The van der Waals surface area contributed by atoms with Crippen molar-refractivity contribution >= 4 is 23.7 Å². The fourth-order valence-electron chi connectivity index (χ4n) is 1.95. The average Bonchev–Trinajstić information content (AvgIpc) is 2.54. The van der Waals surface area contributed by atoms with E-state index in [0.717, 1.165) is 11.6 Å². The molecule has 0 radical (unpaired) electrons. The van der Waals surface area contributed by atoms with Crippen molar-refractivity contribution in [1.29, 1.82) is 0 Å². The van der Waals surface area contributed by atoms with E-state index >= 15 is 0 Å². The molecule has 0 saturated carbocycles. The molecule has 0 unspecified atom stereocenters. The normalized spacial score (nSPS) is 11.2. The largest absolute Gasteiger partial charge is 0.508 e. The number of carbonyl (C=O) groups is 2. The molecule has 3 N–H and O–H groups in total. The van der Waals surface area contributed by atoms with Crippen molar-refractivity contribution in [2.45, 2.75) is 6.42 Å². The molecule has 122 valence electrons. The third kappa shape index (κ3) is 4.84. The lowest BCUT2D eigenvalue weighted by Gasteiger charge is -2.01. The van der Waals surface area contributed by atoms with Crippen LogP contribution in [0.3, 0.4) is 0 Å². The molecule has 0 spiro atoms. The molecule has 0 amide bonds. The van der Waals surface area contributed by atoms with Crippen LogP contribution in [0.4, 0.5) is 0 Å². The van der Waals surface area contributed by atoms with Gasteiger partial charge in [-0.05, 0) is 48.1 Å². The highest BCUT2D eigenvalue weighted by Crippen LogP contribution is 2.27. The van der Waals surface area contributed by atoms with Gasteiger partial charge in [-0.1, -0.05) is 24.3 Å². The molecule has 0 saturated heterocycles. The number of benzene rings is 2. The van der Waals surface area contributed by atoms with Crippen molar-refractivity contribution in [3.05, 3.63) is 65.7 Å². The molecular formula is C19H16O5. The van der Waals surface area contributed by atoms with Crippen LogP contribution >= 0.6 is 0 Å². The lowest BCUT2D eigenvalue weighted by molar-refractivity contribution is -0.121. The van der Waals surface area contributed by atoms with Crippen LogP contribution in [0.25, 0.3) is 12.2 Å². The molecule has 24 heavy (non-hydrogen) atoms. The third-order valence-corrected chi connectivity index (χ3v) is 3.20. The Morgan fingerprint density at radius 3 is 1.92 bits per heavy atom. The van der Waals surface area contributed by atoms with E-state index in [-0.39, 0.29) is 35.0 Å². The second-order valence-corrected chi connectivity index (χ2v) is 5.08. The summed E-state index contributed by atoms with van der Waals surface area (Å²) >= 11 is 0. The zero-order valence-corrected chi connectivity index (χ0v) is 12.7. The standard InChI is InChI=1S/C19H16O5/c20-14-7-4-13(5-8-14)6-9-15(21)12-16(22)10-11-17-18(23)2-1-3-19(17)24/h1-11,20,23-24H,12H2/b9-6+,11-10+. The minimum Gasteiger partial charge on any atom is -0.508 e. The fourth-order valence-corrected chi connectivity index (χ4v) is 1.95. The molecule has 0 atom stereocenters. The monoisotopic (exact) mass is 324 g/mol. The smallest absolute Gasteiger partial charge is 0.163 e. The summed E-state index contributed by atoms with van der Waals surface area (Å²) in [7, 11) is 0. The average molecular weight is 324 g/mol. The Morgan fingerprint density at radius 1 is 0.792 bits per heavy atom. The van der Waals surface area contributed by atoms with E-state index in [9.17, 15) is 19.8 Å². The Balaban J connectivity index is 1.95. The predicted octanol–water partition coefficient (Wildman–Crippen LogP) is 3.06. The molecule has 5 heteroatoms. The highest BCUT2D eigenvalue weighted by Gasteiger charge is 2.06. The van der Waals surface area contributed by atoms with Gasteiger partial charge in [-0.15, -0.1) is 0 Å². The van der Waals surface area contributed by atoms with Crippen LogP contribution in [0.15, 0.2) is 54.6 Å². The van der Waals surface area contributed by atoms with Gasteiger partial charge in [0, 0.05) is 0 Å². The fraction of sp³-hybridized carbons (Fsp3) is 0.0526. The first-order valence-electron chi connectivity index (χ1n) is 7.17. The van der Waals surface area contributed by atoms with Gasteiger partial charge in [0.1, 0.15) is 17.2 Å². The number of aromatic hydroxyl groups is 3. The highest BCUT2D eigenvalue weighted by molar-refractivity contribution is 6.11. The number of ketones is 2.